The zero-order chi connectivity index (χ0) is 21.4. The highest BCUT2D eigenvalue weighted by Crippen LogP contribution is 2.44. The second-order valence-corrected chi connectivity index (χ2v) is 8.37. The van der Waals surface area contributed by atoms with Crippen LogP contribution in [-0.4, -0.2) is 39.6 Å². The van der Waals surface area contributed by atoms with Gasteiger partial charge in [-0.15, -0.1) is 0 Å². The number of nitrogens with one attached hydrogen (secondary N) is 1. The number of methoxy groups -OCH3 is 1. The van der Waals surface area contributed by atoms with Crippen LogP contribution in [0.1, 0.15) is 25.1 Å². The van der Waals surface area contributed by atoms with Gasteiger partial charge in [-0.1, -0.05) is 23.9 Å². The molecule has 3 heterocycles. The third-order valence-corrected chi connectivity index (χ3v) is 6.56. The lowest BCUT2D eigenvalue weighted by atomic mass is 9.97. The number of benzene rings is 1. The molecule has 0 saturated carbocycles. The molecule has 0 bridgehead atoms. The van der Waals surface area contributed by atoms with Gasteiger partial charge < -0.3 is 14.6 Å². The van der Waals surface area contributed by atoms with E-state index in [1.54, 1.807) is 19.5 Å². The summed E-state index contributed by atoms with van der Waals surface area (Å²) in [5.74, 6) is 0.664. The van der Waals surface area contributed by atoms with Gasteiger partial charge in [0.2, 0.25) is 5.91 Å². The molecule has 2 unspecified atom stereocenters. The highest BCUT2D eigenvalue weighted by Gasteiger charge is 2.42. The topological polar surface area (TPSA) is 85.6 Å². The Hall–Kier alpha value is -3.13. The largest absolute Gasteiger partial charge is 0.495 e. The van der Waals surface area contributed by atoms with Crippen molar-refractivity contribution < 1.29 is 14.3 Å². The number of carbonyl (C=O) groups is 2. The predicted molar refractivity (Wildman–Crippen MR) is 118 cm³/mol. The van der Waals surface area contributed by atoms with Crippen LogP contribution in [0.4, 0.5) is 0 Å². The highest BCUT2D eigenvalue weighted by atomic mass is 32.2. The Balaban J connectivity index is 1.56. The minimum absolute atomic E-state index is 0.0211. The van der Waals surface area contributed by atoms with Crippen LogP contribution in [0.5, 0.6) is 5.75 Å². The van der Waals surface area contributed by atoms with Crippen LogP contribution in [-0.2, 0) is 9.59 Å². The summed E-state index contributed by atoms with van der Waals surface area (Å²) in [5, 5.41) is 2.55. The molecule has 2 atom stereocenters. The molecule has 154 valence electrons. The molecule has 0 spiro atoms. The third kappa shape index (κ3) is 3.70. The van der Waals surface area contributed by atoms with Gasteiger partial charge in [0.05, 0.1) is 35.6 Å². The van der Waals surface area contributed by atoms with Crippen molar-refractivity contribution >= 4 is 35.4 Å². The van der Waals surface area contributed by atoms with Crippen molar-refractivity contribution in [3.63, 3.8) is 0 Å². The van der Waals surface area contributed by atoms with E-state index in [-0.39, 0.29) is 23.0 Å². The summed E-state index contributed by atoms with van der Waals surface area (Å²) in [7, 11) is 1.63. The molecule has 2 aliphatic heterocycles. The van der Waals surface area contributed by atoms with Crippen LogP contribution >= 0.6 is 11.8 Å². The Bertz CT molecular complexity index is 1130. The van der Waals surface area contributed by atoms with Gasteiger partial charge in [0.25, 0.3) is 0 Å². The van der Waals surface area contributed by atoms with Crippen molar-refractivity contribution in [2.75, 3.05) is 7.11 Å². The second-order valence-electron chi connectivity index (χ2n) is 7.24. The molecular formula is C22H22N4O3S. The fraction of sp³-hybridized carbons (Fsp3) is 0.273. The highest BCUT2D eigenvalue weighted by molar-refractivity contribution is 8.04. The average Bonchev–Trinajstić information content (AvgIpc) is 3.29. The van der Waals surface area contributed by atoms with Crippen molar-refractivity contribution in [3.05, 3.63) is 58.5 Å². The van der Waals surface area contributed by atoms with E-state index in [4.69, 9.17) is 4.74 Å². The minimum Gasteiger partial charge on any atom is -0.495 e. The number of aromatic nitrogens is 2. The minimum atomic E-state index is -0.385. The summed E-state index contributed by atoms with van der Waals surface area (Å²) in [6.07, 6.45) is 7.32. The number of allylic oxidation sites excluding steroid dienone is 1. The van der Waals surface area contributed by atoms with Gasteiger partial charge in [-0.2, -0.15) is 0 Å². The molecule has 8 heteroatoms. The third-order valence-electron chi connectivity index (χ3n) is 5.10. The number of Topliss-reactive ketones (excluding diaryl/α,β-unsaturated/α-hetero) is 1. The summed E-state index contributed by atoms with van der Waals surface area (Å²) < 4.78 is 7.45. The number of nitrogens with zero attached hydrogens (tertiary/aromatic N) is 3. The summed E-state index contributed by atoms with van der Waals surface area (Å²) in [5.41, 5.74) is 3.52. The van der Waals surface area contributed by atoms with Crippen LogP contribution in [0.25, 0.3) is 11.8 Å². The van der Waals surface area contributed by atoms with E-state index >= 15 is 0 Å². The van der Waals surface area contributed by atoms with Gasteiger partial charge in [0.1, 0.15) is 17.0 Å². The SMILES string of the molecule is COc1cc(/C=C/C2=NC3SC(C(C)=O)=C(C)C3C(=O)N2)ccc1-n1cnc(C)c1. The first-order chi connectivity index (χ1) is 14.4. The molecule has 1 aromatic heterocycles. The number of thioether (sulfide) groups is 1. The molecule has 1 aromatic carbocycles. The molecule has 4 rings (SSSR count). The van der Waals surface area contributed by atoms with E-state index in [1.807, 2.05) is 48.9 Å². The predicted octanol–water partition coefficient (Wildman–Crippen LogP) is 3.28. The standard InChI is InChI=1S/C22H22N4O3S/c1-12-10-26(11-23-12)16-7-5-15(9-17(16)29-4)6-8-18-24-21(28)19-13(2)20(14(3)27)30-22(19)25-18/h5-11,19,22H,1-4H3,(H,24,25,28)/b8-6+. The number of amidine groups is 1. The second kappa shape index (κ2) is 7.95. The van der Waals surface area contributed by atoms with Crippen LogP contribution in [0, 0.1) is 12.8 Å². The van der Waals surface area contributed by atoms with E-state index in [2.05, 4.69) is 15.3 Å². The number of aliphatic imine (C=N–C) groups is 1. The lowest BCUT2D eigenvalue weighted by molar-refractivity contribution is -0.122. The van der Waals surface area contributed by atoms with Crippen LogP contribution in [0.2, 0.25) is 0 Å². The van der Waals surface area contributed by atoms with Crippen LogP contribution in [0.15, 0.2) is 52.3 Å². The molecule has 0 saturated heterocycles. The fourth-order valence-corrected chi connectivity index (χ4v) is 4.97. The number of hydrogen-bond donors (Lipinski definition) is 1. The van der Waals surface area contributed by atoms with Gasteiger partial charge >= 0.3 is 0 Å². The number of imidazole rings is 1. The maximum atomic E-state index is 12.6. The number of rotatable bonds is 5. The summed E-state index contributed by atoms with van der Waals surface area (Å²) >= 11 is 1.37. The first-order valence-electron chi connectivity index (χ1n) is 9.51. The zero-order valence-electron chi connectivity index (χ0n) is 17.2. The van der Waals surface area contributed by atoms with Crippen molar-refractivity contribution in [2.24, 2.45) is 10.9 Å². The Kier molecular flexibility index (Phi) is 5.34. The van der Waals surface area contributed by atoms with E-state index in [0.29, 0.717) is 16.5 Å². The maximum absolute atomic E-state index is 12.6. The van der Waals surface area contributed by atoms with E-state index in [0.717, 1.165) is 22.5 Å². The Labute approximate surface area is 178 Å². The molecule has 2 aromatic rings. The van der Waals surface area contributed by atoms with Gasteiger partial charge in [-0.3, -0.25) is 14.6 Å². The number of ether oxygens (including phenoxy) is 1. The van der Waals surface area contributed by atoms with E-state index in [1.165, 1.54) is 18.7 Å². The lowest BCUT2D eigenvalue weighted by Gasteiger charge is -2.23. The Morgan fingerprint density at radius 1 is 1.30 bits per heavy atom. The zero-order valence-corrected chi connectivity index (χ0v) is 18.0. The first-order valence-corrected chi connectivity index (χ1v) is 10.4. The van der Waals surface area contributed by atoms with Gasteiger partial charge in [0.15, 0.2) is 5.78 Å². The van der Waals surface area contributed by atoms with Crippen molar-refractivity contribution in [2.45, 2.75) is 26.1 Å². The maximum Gasteiger partial charge on any atom is 0.235 e. The van der Waals surface area contributed by atoms with Gasteiger partial charge in [-0.25, -0.2) is 4.98 Å². The van der Waals surface area contributed by atoms with Crippen molar-refractivity contribution in [1.29, 1.82) is 0 Å². The molecular weight excluding hydrogens is 400 g/mol. The van der Waals surface area contributed by atoms with E-state index in [9.17, 15) is 9.59 Å². The Morgan fingerprint density at radius 2 is 2.10 bits per heavy atom. The molecule has 0 aliphatic carbocycles. The normalized spacial score (nSPS) is 20.9. The number of fused-ring (bicyclic) bond motifs is 1. The smallest absolute Gasteiger partial charge is 0.235 e. The van der Waals surface area contributed by atoms with Crippen molar-refractivity contribution in [3.8, 4) is 11.4 Å². The number of ketones is 1. The summed E-state index contributed by atoms with van der Waals surface area (Å²) in [6.45, 7) is 5.29. The molecule has 0 radical (unpaired) electrons. The fourth-order valence-electron chi connectivity index (χ4n) is 3.62. The molecule has 1 N–H and O–H groups in total. The van der Waals surface area contributed by atoms with Crippen LogP contribution in [0.3, 0.4) is 0 Å². The summed E-state index contributed by atoms with van der Waals surface area (Å²) in [4.78, 5) is 33.9. The lowest BCUT2D eigenvalue weighted by Crippen LogP contribution is -2.43. The molecule has 2 aliphatic rings. The van der Waals surface area contributed by atoms with Crippen LogP contribution < -0.4 is 10.1 Å². The average molecular weight is 423 g/mol. The molecule has 0 fully saturated rings. The van der Waals surface area contributed by atoms with Gasteiger partial charge in [0, 0.05) is 6.20 Å². The summed E-state index contributed by atoms with van der Waals surface area (Å²) in [6, 6.07) is 5.83. The molecule has 30 heavy (non-hydrogen) atoms. The quantitative estimate of drug-likeness (QED) is 0.799. The van der Waals surface area contributed by atoms with Crippen molar-refractivity contribution in [1.82, 2.24) is 14.9 Å². The monoisotopic (exact) mass is 422 g/mol. The number of aryl methyl sites for hydroxylation is 1. The Morgan fingerprint density at radius 3 is 2.77 bits per heavy atom. The first kappa shape index (κ1) is 20.2. The number of carbonyl (C=O) groups excluding carboxylic acids is 2. The number of amides is 1. The number of hydrogen-bond acceptors (Lipinski definition) is 6. The molecule has 1 amide bonds. The molecule has 7 nitrogen and oxygen atoms in total. The van der Waals surface area contributed by atoms with E-state index < -0.39 is 0 Å². The van der Waals surface area contributed by atoms with Gasteiger partial charge in [-0.05, 0) is 50.1 Å².